The van der Waals surface area contributed by atoms with Gasteiger partial charge in [-0.1, -0.05) is 15.9 Å². The van der Waals surface area contributed by atoms with Gasteiger partial charge < -0.3 is 4.74 Å². The molecule has 0 aliphatic heterocycles. The summed E-state index contributed by atoms with van der Waals surface area (Å²) in [4.78, 5) is 7.64. The van der Waals surface area contributed by atoms with E-state index >= 15 is 0 Å². The molecular weight excluding hydrogens is 289 g/mol. The molecule has 0 radical (unpaired) electrons. The van der Waals surface area contributed by atoms with E-state index < -0.39 is 5.82 Å². The summed E-state index contributed by atoms with van der Waals surface area (Å²) in [5, 5.41) is 8.54. The van der Waals surface area contributed by atoms with E-state index in [9.17, 15) is 4.39 Å². The van der Waals surface area contributed by atoms with E-state index in [1.165, 1.54) is 24.5 Å². The highest BCUT2D eigenvalue weighted by Gasteiger charge is 2.03. The Morgan fingerprint density at radius 2 is 2.06 bits per heavy atom. The Balaban J connectivity index is 2.22. The van der Waals surface area contributed by atoms with Gasteiger partial charge in [-0.05, 0) is 12.1 Å². The van der Waals surface area contributed by atoms with Gasteiger partial charge in [0.15, 0.2) is 5.69 Å². The summed E-state index contributed by atoms with van der Waals surface area (Å²) in [6.45, 7) is 0. The summed E-state index contributed by atoms with van der Waals surface area (Å²) in [6.07, 6.45) is 2.58. The van der Waals surface area contributed by atoms with Gasteiger partial charge in [0.1, 0.15) is 17.6 Å². The maximum atomic E-state index is 13.1. The number of aromatic nitrogens is 2. The number of nitriles is 1. The van der Waals surface area contributed by atoms with Crippen LogP contribution in [0.5, 0.6) is 11.6 Å². The lowest BCUT2D eigenvalue weighted by Crippen LogP contribution is -1.91. The number of rotatable bonds is 2. The van der Waals surface area contributed by atoms with Crippen molar-refractivity contribution in [1.29, 1.82) is 5.26 Å². The monoisotopic (exact) mass is 293 g/mol. The first-order valence-corrected chi connectivity index (χ1v) is 5.33. The second-order valence-corrected chi connectivity index (χ2v) is 3.97. The minimum atomic E-state index is -0.420. The van der Waals surface area contributed by atoms with Crippen molar-refractivity contribution in [3.05, 3.63) is 46.6 Å². The fourth-order valence-electron chi connectivity index (χ4n) is 1.13. The van der Waals surface area contributed by atoms with Gasteiger partial charge in [-0.2, -0.15) is 5.26 Å². The Kier molecular flexibility index (Phi) is 3.30. The van der Waals surface area contributed by atoms with Crippen LogP contribution in [0.2, 0.25) is 0 Å². The number of nitrogens with zero attached hydrogens (tertiary/aromatic N) is 3. The molecule has 17 heavy (non-hydrogen) atoms. The van der Waals surface area contributed by atoms with Crippen molar-refractivity contribution in [2.24, 2.45) is 0 Å². The molecule has 1 heterocycles. The van der Waals surface area contributed by atoms with Crippen molar-refractivity contribution < 1.29 is 9.13 Å². The maximum Gasteiger partial charge on any atom is 0.237 e. The molecule has 2 aromatic rings. The fraction of sp³-hybridized carbons (Fsp3) is 0. The summed E-state index contributed by atoms with van der Waals surface area (Å²) < 4.78 is 18.9. The van der Waals surface area contributed by atoms with Gasteiger partial charge in [0.25, 0.3) is 0 Å². The topological polar surface area (TPSA) is 58.8 Å². The van der Waals surface area contributed by atoms with Gasteiger partial charge in [0, 0.05) is 10.5 Å². The molecule has 0 atom stereocenters. The molecule has 0 unspecified atom stereocenters. The first kappa shape index (κ1) is 11.5. The summed E-state index contributed by atoms with van der Waals surface area (Å²) >= 11 is 3.15. The molecule has 0 fully saturated rings. The zero-order valence-electron chi connectivity index (χ0n) is 8.39. The van der Waals surface area contributed by atoms with Crippen molar-refractivity contribution >= 4 is 15.9 Å². The zero-order chi connectivity index (χ0) is 12.3. The van der Waals surface area contributed by atoms with E-state index in [0.717, 1.165) is 0 Å². The Labute approximate surface area is 105 Å². The van der Waals surface area contributed by atoms with Gasteiger partial charge in [-0.3, -0.25) is 0 Å². The summed E-state index contributed by atoms with van der Waals surface area (Å²) in [6, 6.07) is 5.98. The largest absolute Gasteiger partial charge is 0.437 e. The second-order valence-electron chi connectivity index (χ2n) is 3.06. The van der Waals surface area contributed by atoms with Crippen molar-refractivity contribution in [1.82, 2.24) is 9.97 Å². The van der Waals surface area contributed by atoms with Crippen LogP contribution in [0.4, 0.5) is 4.39 Å². The van der Waals surface area contributed by atoms with Crippen molar-refractivity contribution in [2.75, 3.05) is 0 Å². The van der Waals surface area contributed by atoms with Gasteiger partial charge in [0.2, 0.25) is 5.88 Å². The van der Waals surface area contributed by atoms with Crippen molar-refractivity contribution in [3.63, 3.8) is 0 Å². The molecule has 1 aromatic carbocycles. The van der Waals surface area contributed by atoms with E-state index in [-0.39, 0.29) is 11.6 Å². The third kappa shape index (κ3) is 2.98. The molecule has 0 saturated carbocycles. The molecule has 0 bridgehead atoms. The van der Waals surface area contributed by atoms with E-state index in [0.29, 0.717) is 10.2 Å². The average Bonchev–Trinajstić information content (AvgIpc) is 2.28. The van der Waals surface area contributed by atoms with Crippen molar-refractivity contribution in [3.8, 4) is 17.7 Å². The molecule has 0 N–H and O–H groups in total. The predicted molar refractivity (Wildman–Crippen MR) is 60.9 cm³/mol. The van der Waals surface area contributed by atoms with Crippen LogP contribution < -0.4 is 4.74 Å². The Morgan fingerprint density at radius 1 is 1.24 bits per heavy atom. The molecule has 0 amide bonds. The van der Waals surface area contributed by atoms with E-state index in [1.807, 2.05) is 6.07 Å². The van der Waals surface area contributed by atoms with Gasteiger partial charge in [-0.15, -0.1) is 0 Å². The Hall–Kier alpha value is -2.00. The lowest BCUT2D eigenvalue weighted by molar-refractivity contribution is 0.455. The number of benzene rings is 1. The van der Waals surface area contributed by atoms with Crippen LogP contribution in [0.1, 0.15) is 5.69 Å². The third-order valence-corrected chi connectivity index (χ3v) is 2.26. The first-order chi connectivity index (χ1) is 8.17. The van der Waals surface area contributed by atoms with Crippen LogP contribution in [-0.4, -0.2) is 9.97 Å². The number of ether oxygens (including phenoxy) is 1. The molecular formula is C11H5BrFN3O. The van der Waals surface area contributed by atoms with Crippen LogP contribution in [0.3, 0.4) is 0 Å². The molecule has 6 heteroatoms. The average molecular weight is 294 g/mol. The molecule has 0 aliphatic rings. The summed E-state index contributed by atoms with van der Waals surface area (Å²) in [5.74, 6) is 0.0772. The highest BCUT2D eigenvalue weighted by Crippen LogP contribution is 2.24. The molecule has 4 nitrogen and oxygen atoms in total. The first-order valence-electron chi connectivity index (χ1n) is 4.53. The van der Waals surface area contributed by atoms with E-state index in [4.69, 9.17) is 10.00 Å². The van der Waals surface area contributed by atoms with Crippen LogP contribution >= 0.6 is 15.9 Å². The fourth-order valence-corrected chi connectivity index (χ4v) is 1.58. The van der Waals surface area contributed by atoms with Crippen LogP contribution in [0.15, 0.2) is 35.1 Å². The second kappa shape index (κ2) is 4.89. The maximum absolute atomic E-state index is 13.1. The van der Waals surface area contributed by atoms with E-state index in [1.54, 1.807) is 6.07 Å². The molecule has 2 rings (SSSR count). The van der Waals surface area contributed by atoms with Crippen LogP contribution in [0.25, 0.3) is 0 Å². The third-order valence-electron chi connectivity index (χ3n) is 1.80. The summed E-state index contributed by atoms with van der Waals surface area (Å²) in [7, 11) is 0. The predicted octanol–water partition coefficient (Wildman–Crippen LogP) is 3.04. The summed E-state index contributed by atoms with van der Waals surface area (Å²) in [5.41, 5.74) is 0.192. The SMILES string of the molecule is N#Cc1cnc(Oc2cc(F)cc(Br)c2)cn1. The highest BCUT2D eigenvalue weighted by atomic mass is 79.9. The highest BCUT2D eigenvalue weighted by molar-refractivity contribution is 9.10. The molecule has 0 spiro atoms. The number of hydrogen-bond acceptors (Lipinski definition) is 4. The molecule has 0 saturated heterocycles. The minimum Gasteiger partial charge on any atom is -0.437 e. The standard InChI is InChI=1S/C11H5BrFN3O/c12-7-1-8(13)3-10(2-7)17-11-6-15-9(4-14)5-16-11/h1-3,5-6H. The lowest BCUT2D eigenvalue weighted by Gasteiger charge is -2.04. The van der Waals surface area contributed by atoms with Gasteiger partial charge in [-0.25, -0.2) is 14.4 Å². The smallest absolute Gasteiger partial charge is 0.237 e. The van der Waals surface area contributed by atoms with E-state index in [2.05, 4.69) is 25.9 Å². The number of halogens is 2. The normalized spacial score (nSPS) is 9.71. The zero-order valence-corrected chi connectivity index (χ0v) is 9.98. The van der Waals surface area contributed by atoms with Gasteiger partial charge >= 0.3 is 0 Å². The Morgan fingerprint density at radius 3 is 2.65 bits per heavy atom. The quantitative estimate of drug-likeness (QED) is 0.854. The molecule has 0 aliphatic carbocycles. The molecule has 1 aromatic heterocycles. The molecule has 84 valence electrons. The lowest BCUT2D eigenvalue weighted by atomic mass is 10.3. The minimum absolute atomic E-state index is 0.192. The van der Waals surface area contributed by atoms with Gasteiger partial charge in [0.05, 0.1) is 12.4 Å². The Bertz CT molecular complexity index is 560. The van der Waals surface area contributed by atoms with Crippen LogP contribution in [0, 0.1) is 17.1 Å². The van der Waals surface area contributed by atoms with Crippen molar-refractivity contribution in [2.45, 2.75) is 0 Å². The number of hydrogen-bond donors (Lipinski definition) is 0. The van der Waals surface area contributed by atoms with Crippen LogP contribution in [-0.2, 0) is 0 Å².